The van der Waals surface area contributed by atoms with Gasteiger partial charge in [0.25, 0.3) is 0 Å². The average Bonchev–Trinajstić information content (AvgIpc) is 3.02. The van der Waals surface area contributed by atoms with Crippen LogP contribution in [0.15, 0.2) is 42.5 Å². The molecule has 3 saturated carbocycles. The summed E-state index contributed by atoms with van der Waals surface area (Å²) in [5.41, 5.74) is 1.63. The molecule has 1 aromatic carbocycles. The number of hydrogen-bond donors (Lipinski definition) is 0. The quantitative estimate of drug-likeness (QED) is 0.649. The van der Waals surface area contributed by atoms with E-state index in [0.29, 0.717) is 29.1 Å². The molecule has 4 aliphatic carbocycles. The monoisotopic (exact) mass is 378 g/mol. The first-order valence-electron chi connectivity index (χ1n) is 11.4. The summed E-state index contributed by atoms with van der Waals surface area (Å²) in [5, 5.41) is 0. The minimum absolute atomic E-state index is 0.0969. The molecule has 4 aliphatic rings. The number of rotatable bonds is 3. The zero-order valence-corrected chi connectivity index (χ0v) is 17.4. The van der Waals surface area contributed by atoms with Crippen molar-refractivity contribution in [3.63, 3.8) is 0 Å². The standard InChI is InChI=1S/C26H34O2/c1-25-14-12-20(28-17-18-6-4-3-5-7-18)16-19(25)8-9-21-22-10-11-24(27)26(22,2)15-13-23(21)25/h3-7,10-11,19-23H,8-9,12-17H2,1-2H3. The number of ether oxygens (including phenoxy) is 1. The van der Waals surface area contributed by atoms with Gasteiger partial charge >= 0.3 is 0 Å². The summed E-state index contributed by atoms with van der Waals surface area (Å²) in [4.78, 5) is 12.5. The molecule has 0 amide bonds. The van der Waals surface area contributed by atoms with Crippen molar-refractivity contribution in [2.24, 2.45) is 34.5 Å². The van der Waals surface area contributed by atoms with E-state index in [4.69, 9.17) is 4.74 Å². The first kappa shape index (κ1) is 18.6. The van der Waals surface area contributed by atoms with Gasteiger partial charge in [-0.05, 0) is 85.7 Å². The molecular formula is C26H34O2. The number of carbonyl (C=O) groups is 1. The second kappa shape index (κ2) is 6.83. The lowest BCUT2D eigenvalue weighted by Crippen LogP contribution is -2.54. The molecule has 0 radical (unpaired) electrons. The van der Waals surface area contributed by atoms with Crippen LogP contribution in [0.25, 0.3) is 0 Å². The fourth-order valence-corrected chi connectivity index (χ4v) is 7.43. The molecule has 0 aliphatic heterocycles. The predicted molar refractivity (Wildman–Crippen MR) is 112 cm³/mol. The summed E-state index contributed by atoms with van der Waals surface area (Å²) in [6, 6.07) is 10.6. The number of fused-ring (bicyclic) bond motifs is 5. The highest BCUT2D eigenvalue weighted by Crippen LogP contribution is 2.64. The third kappa shape index (κ3) is 2.83. The minimum atomic E-state index is -0.0969. The van der Waals surface area contributed by atoms with Crippen molar-refractivity contribution in [1.82, 2.24) is 0 Å². The summed E-state index contributed by atoms with van der Waals surface area (Å²) in [5.74, 6) is 3.16. The van der Waals surface area contributed by atoms with E-state index < -0.39 is 0 Å². The van der Waals surface area contributed by atoms with Gasteiger partial charge in [-0.25, -0.2) is 0 Å². The molecule has 0 heterocycles. The molecule has 150 valence electrons. The lowest BCUT2D eigenvalue weighted by atomic mass is 9.45. The lowest BCUT2D eigenvalue weighted by molar-refractivity contribution is -0.143. The molecule has 5 rings (SSSR count). The van der Waals surface area contributed by atoms with Crippen LogP contribution in [0.3, 0.4) is 0 Å². The Balaban J connectivity index is 1.27. The first-order valence-corrected chi connectivity index (χ1v) is 11.4. The minimum Gasteiger partial charge on any atom is -0.374 e. The largest absolute Gasteiger partial charge is 0.374 e. The van der Waals surface area contributed by atoms with Crippen LogP contribution in [-0.2, 0) is 16.1 Å². The van der Waals surface area contributed by atoms with E-state index in [1.807, 2.05) is 6.08 Å². The molecular weight excluding hydrogens is 344 g/mol. The molecule has 7 atom stereocenters. The number of carbonyl (C=O) groups excluding carboxylic acids is 1. The fourth-order valence-electron chi connectivity index (χ4n) is 7.43. The van der Waals surface area contributed by atoms with E-state index in [9.17, 15) is 4.79 Å². The van der Waals surface area contributed by atoms with E-state index in [2.05, 4.69) is 50.3 Å². The Morgan fingerprint density at radius 2 is 1.86 bits per heavy atom. The summed E-state index contributed by atoms with van der Waals surface area (Å²) in [6.07, 6.45) is 13.2. The summed E-state index contributed by atoms with van der Waals surface area (Å²) < 4.78 is 6.34. The highest BCUT2D eigenvalue weighted by molar-refractivity contribution is 5.97. The van der Waals surface area contributed by atoms with Gasteiger partial charge in [-0.3, -0.25) is 4.79 Å². The maximum absolute atomic E-state index is 12.5. The zero-order chi connectivity index (χ0) is 19.4. The summed E-state index contributed by atoms with van der Waals surface area (Å²) >= 11 is 0. The third-order valence-electron chi connectivity index (χ3n) is 9.22. The van der Waals surface area contributed by atoms with Gasteiger partial charge in [-0.15, -0.1) is 0 Å². The van der Waals surface area contributed by atoms with Crippen molar-refractivity contribution in [2.75, 3.05) is 0 Å². The van der Waals surface area contributed by atoms with Crippen molar-refractivity contribution in [3.05, 3.63) is 48.0 Å². The summed E-state index contributed by atoms with van der Waals surface area (Å²) in [7, 11) is 0. The van der Waals surface area contributed by atoms with Crippen LogP contribution in [-0.4, -0.2) is 11.9 Å². The van der Waals surface area contributed by atoms with Crippen LogP contribution in [0.4, 0.5) is 0 Å². The van der Waals surface area contributed by atoms with Gasteiger partial charge in [-0.1, -0.05) is 50.3 Å². The van der Waals surface area contributed by atoms with Gasteiger partial charge in [0.1, 0.15) is 0 Å². The maximum Gasteiger partial charge on any atom is 0.161 e. The van der Waals surface area contributed by atoms with E-state index >= 15 is 0 Å². The zero-order valence-electron chi connectivity index (χ0n) is 17.4. The van der Waals surface area contributed by atoms with E-state index in [1.54, 1.807) is 0 Å². The number of hydrogen-bond acceptors (Lipinski definition) is 2. The molecule has 0 bridgehead atoms. The Morgan fingerprint density at radius 1 is 1.04 bits per heavy atom. The van der Waals surface area contributed by atoms with Crippen LogP contribution >= 0.6 is 0 Å². The van der Waals surface area contributed by atoms with Gasteiger partial charge in [0.2, 0.25) is 0 Å². The molecule has 2 nitrogen and oxygen atoms in total. The van der Waals surface area contributed by atoms with E-state index in [1.165, 1.54) is 44.1 Å². The van der Waals surface area contributed by atoms with Gasteiger partial charge in [0, 0.05) is 5.41 Å². The second-order valence-electron chi connectivity index (χ2n) is 10.4. The molecule has 0 saturated heterocycles. The second-order valence-corrected chi connectivity index (χ2v) is 10.4. The molecule has 28 heavy (non-hydrogen) atoms. The van der Waals surface area contributed by atoms with Crippen LogP contribution in [0, 0.1) is 34.5 Å². The maximum atomic E-state index is 12.5. The average molecular weight is 379 g/mol. The van der Waals surface area contributed by atoms with Gasteiger partial charge in [-0.2, -0.15) is 0 Å². The Labute approximate surface area is 169 Å². The van der Waals surface area contributed by atoms with Gasteiger partial charge in [0.05, 0.1) is 12.7 Å². The third-order valence-corrected chi connectivity index (χ3v) is 9.22. The molecule has 0 spiro atoms. The SMILES string of the molecule is CC12CCC3C(CCC4CC(OCc5ccccc5)CCC43C)C1C=CC2=O. The van der Waals surface area contributed by atoms with Crippen molar-refractivity contribution in [2.45, 2.75) is 71.5 Å². The van der Waals surface area contributed by atoms with Crippen molar-refractivity contribution >= 4 is 5.78 Å². The van der Waals surface area contributed by atoms with E-state index in [0.717, 1.165) is 24.9 Å². The van der Waals surface area contributed by atoms with Gasteiger partial charge < -0.3 is 4.74 Å². The highest BCUT2D eigenvalue weighted by atomic mass is 16.5. The predicted octanol–water partition coefficient (Wildman–Crippen LogP) is 5.96. The molecule has 7 unspecified atom stereocenters. The number of ketones is 1. The highest BCUT2D eigenvalue weighted by Gasteiger charge is 2.59. The smallest absolute Gasteiger partial charge is 0.161 e. The number of benzene rings is 1. The molecule has 3 fully saturated rings. The Bertz CT molecular complexity index is 768. The van der Waals surface area contributed by atoms with Crippen molar-refractivity contribution < 1.29 is 9.53 Å². The van der Waals surface area contributed by atoms with Gasteiger partial charge in [0.15, 0.2) is 5.78 Å². The molecule has 1 aromatic rings. The van der Waals surface area contributed by atoms with E-state index in [-0.39, 0.29) is 5.41 Å². The molecule has 0 N–H and O–H groups in total. The molecule has 2 heteroatoms. The summed E-state index contributed by atoms with van der Waals surface area (Å²) in [6.45, 7) is 5.55. The Morgan fingerprint density at radius 3 is 2.68 bits per heavy atom. The fraction of sp³-hybridized carbons (Fsp3) is 0.654. The van der Waals surface area contributed by atoms with Crippen molar-refractivity contribution in [1.29, 1.82) is 0 Å². The topological polar surface area (TPSA) is 26.3 Å². The Kier molecular flexibility index (Phi) is 4.54. The Hall–Kier alpha value is -1.41. The lowest BCUT2D eigenvalue weighted by Gasteiger charge is -2.60. The first-order chi connectivity index (χ1) is 13.5. The number of allylic oxidation sites excluding steroid dienone is 2. The van der Waals surface area contributed by atoms with Crippen LogP contribution in [0.1, 0.15) is 64.4 Å². The van der Waals surface area contributed by atoms with Crippen LogP contribution in [0.5, 0.6) is 0 Å². The normalized spacial score (nSPS) is 44.6. The van der Waals surface area contributed by atoms with Crippen LogP contribution < -0.4 is 0 Å². The van der Waals surface area contributed by atoms with Crippen molar-refractivity contribution in [3.8, 4) is 0 Å². The molecule has 0 aromatic heterocycles. The van der Waals surface area contributed by atoms with Crippen LogP contribution in [0.2, 0.25) is 0 Å².